The molecule has 0 bridgehead atoms. The van der Waals surface area contributed by atoms with Gasteiger partial charge in [0.25, 0.3) is 5.91 Å². The predicted octanol–water partition coefficient (Wildman–Crippen LogP) is 2.96. The van der Waals surface area contributed by atoms with Gasteiger partial charge in [-0.2, -0.15) is 0 Å². The molecule has 0 saturated heterocycles. The standard InChI is InChI=1S/C14H17IN2OS/c15-11-7-5-10(6-8-11)14(18)17(9-13(16)19)12-3-1-2-4-12/h5-8,12H,1-4,9H2,(H2,16,19). The third-order valence-electron chi connectivity index (χ3n) is 3.44. The molecular formula is C14H17IN2OS. The Morgan fingerprint density at radius 3 is 2.42 bits per heavy atom. The topological polar surface area (TPSA) is 46.3 Å². The van der Waals surface area contributed by atoms with Crippen molar-refractivity contribution in [1.82, 2.24) is 4.90 Å². The number of halogens is 1. The molecule has 2 N–H and O–H groups in total. The molecule has 1 amide bonds. The summed E-state index contributed by atoms with van der Waals surface area (Å²) in [7, 11) is 0. The fourth-order valence-electron chi connectivity index (χ4n) is 2.51. The number of amides is 1. The monoisotopic (exact) mass is 388 g/mol. The van der Waals surface area contributed by atoms with E-state index in [1.54, 1.807) is 0 Å². The lowest BCUT2D eigenvalue weighted by molar-refractivity contribution is 0.0714. The molecular weight excluding hydrogens is 371 g/mol. The number of carbonyl (C=O) groups excluding carboxylic acids is 1. The molecule has 0 unspecified atom stereocenters. The van der Waals surface area contributed by atoms with Gasteiger partial charge in [0.2, 0.25) is 0 Å². The van der Waals surface area contributed by atoms with E-state index in [1.807, 2.05) is 29.2 Å². The fraction of sp³-hybridized carbons (Fsp3) is 0.429. The molecule has 0 radical (unpaired) electrons. The molecule has 1 aliphatic carbocycles. The van der Waals surface area contributed by atoms with Gasteiger partial charge in [-0.3, -0.25) is 4.79 Å². The maximum atomic E-state index is 12.6. The lowest BCUT2D eigenvalue weighted by Gasteiger charge is -2.28. The average Bonchev–Trinajstić information content (AvgIpc) is 2.89. The first-order valence-electron chi connectivity index (χ1n) is 6.43. The van der Waals surface area contributed by atoms with E-state index in [-0.39, 0.29) is 11.9 Å². The van der Waals surface area contributed by atoms with Gasteiger partial charge in [-0.15, -0.1) is 0 Å². The molecule has 1 aliphatic rings. The summed E-state index contributed by atoms with van der Waals surface area (Å²) in [5, 5.41) is 0. The van der Waals surface area contributed by atoms with E-state index in [2.05, 4.69) is 22.6 Å². The third-order valence-corrected chi connectivity index (χ3v) is 4.29. The van der Waals surface area contributed by atoms with E-state index in [0.29, 0.717) is 17.1 Å². The molecule has 2 rings (SSSR count). The molecule has 0 atom stereocenters. The Bertz CT molecular complexity index is 469. The summed E-state index contributed by atoms with van der Waals surface area (Å²) in [6.07, 6.45) is 4.47. The summed E-state index contributed by atoms with van der Waals surface area (Å²) < 4.78 is 1.12. The minimum Gasteiger partial charge on any atom is -0.392 e. The Kier molecular flexibility index (Phi) is 5.15. The van der Waals surface area contributed by atoms with Crippen molar-refractivity contribution < 1.29 is 4.79 Å². The van der Waals surface area contributed by atoms with Crippen LogP contribution in [0.25, 0.3) is 0 Å². The zero-order chi connectivity index (χ0) is 13.8. The molecule has 1 aromatic rings. The van der Waals surface area contributed by atoms with Gasteiger partial charge in [0.05, 0.1) is 11.5 Å². The van der Waals surface area contributed by atoms with Crippen LogP contribution in [0.3, 0.4) is 0 Å². The third kappa shape index (κ3) is 3.89. The van der Waals surface area contributed by atoms with Crippen LogP contribution in [0.4, 0.5) is 0 Å². The first kappa shape index (κ1) is 14.7. The number of nitrogens with two attached hydrogens (primary N) is 1. The van der Waals surface area contributed by atoms with Crippen molar-refractivity contribution in [2.45, 2.75) is 31.7 Å². The number of carbonyl (C=O) groups is 1. The fourth-order valence-corrected chi connectivity index (χ4v) is 3.01. The highest BCUT2D eigenvalue weighted by atomic mass is 127. The van der Waals surface area contributed by atoms with E-state index >= 15 is 0 Å². The maximum absolute atomic E-state index is 12.6. The number of hydrogen-bond donors (Lipinski definition) is 1. The van der Waals surface area contributed by atoms with E-state index in [4.69, 9.17) is 18.0 Å². The predicted molar refractivity (Wildman–Crippen MR) is 89.2 cm³/mol. The van der Waals surface area contributed by atoms with Gasteiger partial charge in [0, 0.05) is 15.2 Å². The summed E-state index contributed by atoms with van der Waals surface area (Å²) in [5.41, 5.74) is 6.35. The quantitative estimate of drug-likeness (QED) is 0.637. The number of thiocarbonyl (C=S) groups is 1. The van der Waals surface area contributed by atoms with Crippen molar-refractivity contribution in [3.63, 3.8) is 0 Å². The molecule has 19 heavy (non-hydrogen) atoms. The average molecular weight is 388 g/mol. The first-order chi connectivity index (χ1) is 9.08. The Hall–Kier alpha value is -0.690. The number of benzene rings is 1. The Balaban J connectivity index is 2.18. The van der Waals surface area contributed by atoms with E-state index < -0.39 is 0 Å². The second-order valence-electron chi connectivity index (χ2n) is 4.84. The summed E-state index contributed by atoms with van der Waals surface area (Å²) in [4.78, 5) is 14.8. The number of nitrogens with zero attached hydrogens (tertiary/aromatic N) is 1. The first-order valence-corrected chi connectivity index (χ1v) is 7.91. The van der Waals surface area contributed by atoms with Crippen molar-refractivity contribution in [3.8, 4) is 0 Å². The van der Waals surface area contributed by atoms with Gasteiger partial charge in [-0.25, -0.2) is 0 Å². The molecule has 1 fully saturated rings. The SMILES string of the molecule is NC(=S)CN(C(=O)c1ccc(I)cc1)C1CCCC1. The minimum atomic E-state index is 0.0381. The van der Waals surface area contributed by atoms with Gasteiger partial charge >= 0.3 is 0 Å². The molecule has 0 heterocycles. The molecule has 1 aromatic carbocycles. The van der Waals surface area contributed by atoms with Crippen LogP contribution in [0.1, 0.15) is 36.0 Å². The summed E-state index contributed by atoms with van der Waals surface area (Å²) in [6.45, 7) is 0.380. The zero-order valence-corrected chi connectivity index (χ0v) is 13.6. The van der Waals surface area contributed by atoms with Crippen LogP contribution >= 0.6 is 34.8 Å². The zero-order valence-electron chi connectivity index (χ0n) is 10.6. The van der Waals surface area contributed by atoms with Crippen molar-refractivity contribution in [1.29, 1.82) is 0 Å². The lowest BCUT2D eigenvalue weighted by atomic mass is 10.1. The highest BCUT2D eigenvalue weighted by Gasteiger charge is 2.27. The second-order valence-corrected chi connectivity index (χ2v) is 6.61. The lowest BCUT2D eigenvalue weighted by Crippen LogP contribution is -2.43. The van der Waals surface area contributed by atoms with Crippen LogP contribution in [0, 0.1) is 3.57 Å². The van der Waals surface area contributed by atoms with Crippen LogP contribution in [-0.4, -0.2) is 28.4 Å². The van der Waals surface area contributed by atoms with E-state index in [1.165, 1.54) is 12.8 Å². The van der Waals surface area contributed by atoms with Gasteiger partial charge in [0.1, 0.15) is 0 Å². The normalized spacial score (nSPS) is 15.4. The number of rotatable bonds is 4. The molecule has 0 aromatic heterocycles. The van der Waals surface area contributed by atoms with E-state index in [0.717, 1.165) is 16.4 Å². The largest absolute Gasteiger partial charge is 0.392 e. The van der Waals surface area contributed by atoms with Gasteiger partial charge in [0.15, 0.2) is 0 Å². The molecule has 1 saturated carbocycles. The molecule has 0 spiro atoms. The van der Waals surface area contributed by atoms with Crippen LogP contribution in [0.2, 0.25) is 0 Å². The Morgan fingerprint density at radius 1 is 1.32 bits per heavy atom. The van der Waals surface area contributed by atoms with Crippen LogP contribution in [-0.2, 0) is 0 Å². The molecule has 5 heteroatoms. The molecule has 102 valence electrons. The Morgan fingerprint density at radius 2 is 1.89 bits per heavy atom. The van der Waals surface area contributed by atoms with E-state index in [9.17, 15) is 4.79 Å². The molecule has 3 nitrogen and oxygen atoms in total. The summed E-state index contributed by atoms with van der Waals surface area (Å²) in [6, 6.07) is 7.91. The van der Waals surface area contributed by atoms with Gasteiger partial charge in [-0.1, -0.05) is 25.1 Å². The summed E-state index contributed by atoms with van der Waals surface area (Å²) >= 11 is 7.21. The highest BCUT2D eigenvalue weighted by molar-refractivity contribution is 14.1. The van der Waals surface area contributed by atoms with Gasteiger partial charge in [-0.05, 0) is 59.7 Å². The van der Waals surface area contributed by atoms with Crippen molar-refractivity contribution in [3.05, 3.63) is 33.4 Å². The van der Waals surface area contributed by atoms with Crippen molar-refractivity contribution >= 4 is 45.7 Å². The van der Waals surface area contributed by atoms with Crippen molar-refractivity contribution in [2.75, 3.05) is 6.54 Å². The minimum absolute atomic E-state index is 0.0381. The second kappa shape index (κ2) is 6.65. The smallest absolute Gasteiger partial charge is 0.254 e. The van der Waals surface area contributed by atoms with Crippen LogP contribution < -0.4 is 5.73 Å². The molecule has 0 aliphatic heterocycles. The maximum Gasteiger partial charge on any atom is 0.254 e. The van der Waals surface area contributed by atoms with Crippen molar-refractivity contribution in [2.24, 2.45) is 5.73 Å². The van der Waals surface area contributed by atoms with Crippen LogP contribution in [0.5, 0.6) is 0 Å². The van der Waals surface area contributed by atoms with Gasteiger partial charge < -0.3 is 10.6 Å². The summed E-state index contributed by atoms with van der Waals surface area (Å²) in [5.74, 6) is 0.0381. The van der Waals surface area contributed by atoms with Crippen LogP contribution in [0.15, 0.2) is 24.3 Å². The highest BCUT2D eigenvalue weighted by Crippen LogP contribution is 2.25. The number of hydrogen-bond acceptors (Lipinski definition) is 2. The Labute approximate surface area is 132 Å².